The number of rotatable bonds is 6. The van der Waals surface area contributed by atoms with Crippen LogP contribution in [0, 0.1) is 5.82 Å². The van der Waals surface area contributed by atoms with Gasteiger partial charge in [0.1, 0.15) is 5.82 Å². The number of carbonyl (C=O) groups is 2. The second-order valence-electron chi connectivity index (χ2n) is 4.54. The minimum absolute atomic E-state index is 0.0554. The normalized spacial score (nSPS) is 10.3. The lowest BCUT2D eigenvalue weighted by Crippen LogP contribution is -2.25. The summed E-state index contributed by atoms with van der Waals surface area (Å²) in [7, 11) is 0. The molecule has 2 N–H and O–H groups in total. The van der Waals surface area contributed by atoms with Gasteiger partial charge in [-0.05, 0) is 36.1 Å². The van der Waals surface area contributed by atoms with Crippen LogP contribution in [0.3, 0.4) is 0 Å². The minimum atomic E-state index is -0.538. The highest BCUT2D eigenvalue weighted by Crippen LogP contribution is 2.19. The molecular formula is C15H14ClFN2O2S. The van der Waals surface area contributed by atoms with Crippen molar-refractivity contribution in [2.24, 2.45) is 0 Å². The first-order chi connectivity index (χ1) is 10.6. The van der Waals surface area contributed by atoms with Gasteiger partial charge in [0, 0.05) is 28.9 Å². The average Bonchev–Trinajstić information content (AvgIpc) is 3.01. The van der Waals surface area contributed by atoms with Gasteiger partial charge >= 0.3 is 0 Å². The second kappa shape index (κ2) is 7.91. The lowest BCUT2D eigenvalue weighted by Gasteiger charge is -2.07. The largest absolute Gasteiger partial charge is 0.352 e. The molecule has 116 valence electrons. The predicted octanol–water partition coefficient (Wildman–Crippen LogP) is 3.69. The van der Waals surface area contributed by atoms with Crippen LogP contribution in [0.5, 0.6) is 0 Å². The summed E-state index contributed by atoms with van der Waals surface area (Å²) in [5.41, 5.74) is 0.662. The summed E-state index contributed by atoms with van der Waals surface area (Å²) in [6, 6.07) is 5.69. The zero-order valence-corrected chi connectivity index (χ0v) is 13.1. The SMILES string of the molecule is O=C(CCCNC(=O)c1ccsc1)Nc1cc(Cl)ccc1F. The van der Waals surface area contributed by atoms with Crippen molar-refractivity contribution in [3.05, 3.63) is 51.4 Å². The van der Waals surface area contributed by atoms with Gasteiger partial charge in [-0.3, -0.25) is 9.59 Å². The van der Waals surface area contributed by atoms with E-state index in [1.54, 1.807) is 11.4 Å². The lowest BCUT2D eigenvalue weighted by atomic mass is 10.2. The van der Waals surface area contributed by atoms with Gasteiger partial charge in [0.15, 0.2) is 0 Å². The third kappa shape index (κ3) is 4.82. The van der Waals surface area contributed by atoms with E-state index in [2.05, 4.69) is 10.6 Å². The van der Waals surface area contributed by atoms with E-state index in [4.69, 9.17) is 11.6 Å². The molecule has 0 aliphatic carbocycles. The third-order valence-electron chi connectivity index (χ3n) is 2.85. The van der Waals surface area contributed by atoms with E-state index in [0.717, 1.165) is 0 Å². The smallest absolute Gasteiger partial charge is 0.252 e. The number of amides is 2. The van der Waals surface area contributed by atoms with Crippen LogP contribution in [0.1, 0.15) is 23.2 Å². The van der Waals surface area contributed by atoms with Gasteiger partial charge in [0.2, 0.25) is 5.91 Å². The quantitative estimate of drug-likeness (QED) is 0.788. The molecule has 4 nitrogen and oxygen atoms in total. The van der Waals surface area contributed by atoms with Crippen LogP contribution in [0.25, 0.3) is 0 Å². The summed E-state index contributed by atoms with van der Waals surface area (Å²) in [6.45, 7) is 0.375. The van der Waals surface area contributed by atoms with Crippen molar-refractivity contribution in [2.75, 3.05) is 11.9 Å². The van der Waals surface area contributed by atoms with Gasteiger partial charge in [0.05, 0.1) is 5.69 Å². The van der Waals surface area contributed by atoms with Crippen molar-refractivity contribution in [3.8, 4) is 0 Å². The summed E-state index contributed by atoms with van der Waals surface area (Å²) in [6.07, 6.45) is 0.639. The Hall–Kier alpha value is -1.92. The molecular weight excluding hydrogens is 327 g/mol. The Morgan fingerprint density at radius 2 is 2.09 bits per heavy atom. The van der Waals surface area contributed by atoms with E-state index in [9.17, 15) is 14.0 Å². The highest BCUT2D eigenvalue weighted by atomic mass is 35.5. The van der Waals surface area contributed by atoms with Crippen LogP contribution in [0.4, 0.5) is 10.1 Å². The Balaban J connectivity index is 1.72. The van der Waals surface area contributed by atoms with Gasteiger partial charge < -0.3 is 10.6 Å². The summed E-state index contributed by atoms with van der Waals surface area (Å²) >= 11 is 7.19. The maximum Gasteiger partial charge on any atom is 0.252 e. The Morgan fingerprint density at radius 1 is 1.27 bits per heavy atom. The first-order valence-corrected chi connectivity index (χ1v) is 7.93. The Bertz CT molecular complexity index is 662. The molecule has 0 aliphatic heterocycles. The Kier molecular flexibility index (Phi) is 5.91. The standard InChI is InChI=1S/C15H14ClFN2O2S/c16-11-3-4-12(17)13(8-11)19-14(20)2-1-6-18-15(21)10-5-7-22-9-10/h3-5,7-9H,1-2,6H2,(H,18,21)(H,19,20). The monoisotopic (exact) mass is 340 g/mol. The molecule has 7 heteroatoms. The lowest BCUT2D eigenvalue weighted by molar-refractivity contribution is -0.116. The zero-order chi connectivity index (χ0) is 15.9. The number of hydrogen-bond acceptors (Lipinski definition) is 3. The van der Waals surface area contributed by atoms with Crippen LogP contribution in [0.2, 0.25) is 5.02 Å². The fourth-order valence-electron chi connectivity index (χ4n) is 1.75. The predicted molar refractivity (Wildman–Crippen MR) is 85.9 cm³/mol. The van der Waals surface area contributed by atoms with Crippen LogP contribution in [-0.2, 0) is 4.79 Å². The highest BCUT2D eigenvalue weighted by molar-refractivity contribution is 7.08. The highest BCUT2D eigenvalue weighted by Gasteiger charge is 2.08. The van der Waals surface area contributed by atoms with Gasteiger partial charge in [-0.1, -0.05) is 11.6 Å². The van der Waals surface area contributed by atoms with Crippen LogP contribution >= 0.6 is 22.9 Å². The fraction of sp³-hybridized carbons (Fsp3) is 0.200. The molecule has 0 saturated carbocycles. The van der Waals surface area contributed by atoms with E-state index in [-0.39, 0.29) is 23.9 Å². The van der Waals surface area contributed by atoms with Crippen molar-refractivity contribution in [3.63, 3.8) is 0 Å². The maximum absolute atomic E-state index is 13.5. The van der Waals surface area contributed by atoms with Crippen LogP contribution < -0.4 is 10.6 Å². The van der Waals surface area contributed by atoms with Crippen molar-refractivity contribution in [2.45, 2.75) is 12.8 Å². The molecule has 2 aromatic rings. The number of carbonyl (C=O) groups excluding carboxylic acids is 2. The second-order valence-corrected chi connectivity index (χ2v) is 5.76. The fourth-order valence-corrected chi connectivity index (χ4v) is 2.56. The minimum Gasteiger partial charge on any atom is -0.352 e. The molecule has 0 fully saturated rings. The molecule has 22 heavy (non-hydrogen) atoms. The molecule has 0 saturated heterocycles. The number of benzene rings is 1. The summed E-state index contributed by atoms with van der Waals surface area (Å²) in [5, 5.41) is 9.10. The van der Waals surface area contributed by atoms with Crippen molar-refractivity contribution in [1.29, 1.82) is 0 Å². The van der Waals surface area contributed by atoms with E-state index >= 15 is 0 Å². The average molecular weight is 341 g/mol. The first-order valence-electron chi connectivity index (χ1n) is 6.61. The van der Waals surface area contributed by atoms with E-state index < -0.39 is 5.82 Å². The molecule has 0 radical (unpaired) electrons. The number of anilines is 1. The summed E-state index contributed by atoms with van der Waals surface area (Å²) < 4.78 is 13.5. The number of nitrogens with one attached hydrogen (secondary N) is 2. The zero-order valence-electron chi connectivity index (χ0n) is 11.6. The molecule has 1 aromatic carbocycles. The van der Waals surface area contributed by atoms with Crippen molar-refractivity contribution < 1.29 is 14.0 Å². The molecule has 0 aliphatic rings. The van der Waals surface area contributed by atoms with Crippen LogP contribution in [0.15, 0.2) is 35.0 Å². The first kappa shape index (κ1) is 16.5. The van der Waals surface area contributed by atoms with Crippen molar-refractivity contribution in [1.82, 2.24) is 5.32 Å². The number of halogens is 2. The van der Waals surface area contributed by atoms with Gasteiger partial charge in [0.25, 0.3) is 5.91 Å². The molecule has 0 spiro atoms. The van der Waals surface area contributed by atoms with Gasteiger partial charge in [-0.15, -0.1) is 0 Å². The maximum atomic E-state index is 13.5. The third-order valence-corrected chi connectivity index (χ3v) is 3.77. The Labute approximate surface area is 136 Å². The topological polar surface area (TPSA) is 58.2 Å². The van der Waals surface area contributed by atoms with E-state index in [1.807, 2.05) is 5.38 Å². The number of thiophene rings is 1. The molecule has 0 bridgehead atoms. The van der Waals surface area contributed by atoms with Gasteiger partial charge in [-0.25, -0.2) is 4.39 Å². The van der Waals surface area contributed by atoms with Gasteiger partial charge in [-0.2, -0.15) is 11.3 Å². The molecule has 1 heterocycles. The molecule has 2 amide bonds. The Morgan fingerprint density at radius 3 is 2.82 bits per heavy atom. The molecule has 0 atom stereocenters. The van der Waals surface area contributed by atoms with E-state index in [0.29, 0.717) is 23.6 Å². The van der Waals surface area contributed by atoms with Crippen molar-refractivity contribution >= 4 is 40.4 Å². The van der Waals surface area contributed by atoms with Crippen LogP contribution in [-0.4, -0.2) is 18.4 Å². The number of hydrogen-bond donors (Lipinski definition) is 2. The molecule has 1 aromatic heterocycles. The van der Waals surface area contributed by atoms with E-state index in [1.165, 1.54) is 29.5 Å². The summed E-state index contributed by atoms with van der Waals surface area (Å²) in [5.74, 6) is -1.03. The molecule has 0 unspecified atom stereocenters. The molecule has 2 rings (SSSR count). The summed E-state index contributed by atoms with van der Waals surface area (Å²) in [4.78, 5) is 23.4.